The Hall–Kier alpha value is -7.86. The van der Waals surface area contributed by atoms with Gasteiger partial charge in [-0.15, -0.1) is 0 Å². The molecule has 11 aromatic rings. The normalized spacial score (nSPS) is 11.6. The van der Waals surface area contributed by atoms with Crippen molar-refractivity contribution in [2.24, 2.45) is 0 Å². The number of benzene rings is 8. The molecular weight excluding hydrogens is 671 g/mol. The van der Waals surface area contributed by atoms with Gasteiger partial charge in [-0.3, -0.25) is 0 Å². The van der Waals surface area contributed by atoms with Crippen LogP contribution >= 0.6 is 0 Å². The van der Waals surface area contributed by atoms with Gasteiger partial charge in [0.25, 0.3) is 0 Å². The SMILES string of the molecule is N#Cc1cccc(-n2c3ccccc3c3ccc(-n4c5ccccc5c5ccccc54)cc32)c1-c1cccc(-n2c3ccccc3c3cccc(C#N)c32)c1. The highest BCUT2D eigenvalue weighted by Gasteiger charge is 2.21. The Bertz CT molecular complexity index is 3420. The summed E-state index contributed by atoms with van der Waals surface area (Å²) in [4.78, 5) is 0. The smallest absolute Gasteiger partial charge is 0.101 e. The van der Waals surface area contributed by atoms with Gasteiger partial charge in [-0.2, -0.15) is 10.5 Å². The first-order valence-electron chi connectivity index (χ1n) is 18.3. The minimum absolute atomic E-state index is 0.582. The quantitative estimate of drug-likeness (QED) is 0.184. The maximum absolute atomic E-state index is 10.7. The second-order valence-corrected chi connectivity index (χ2v) is 14.0. The van der Waals surface area contributed by atoms with E-state index >= 15 is 0 Å². The number of fused-ring (bicyclic) bond motifs is 9. The number of hydrogen-bond acceptors (Lipinski definition) is 2. The Morgan fingerprint density at radius 3 is 1.49 bits per heavy atom. The lowest BCUT2D eigenvalue weighted by molar-refractivity contribution is 1.15. The molecule has 3 aromatic heterocycles. The van der Waals surface area contributed by atoms with Crippen LogP contribution in [-0.2, 0) is 0 Å². The van der Waals surface area contributed by atoms with Crippen LogP contribution in [0.4, 0.5) is 0 Å². The van der Waals surface area contributed by atoms with Crippen molar-refractivity contribution in [2.45, 2.75) is 0 Å². The molecule has 0 fully saturated rings. The van der Waals surface area contributed by atoms with E-state index in [1.54, 1.807) is 0 Å². The molecule has 0 aliphatic heterocycles. The standard InChI is InChI=1S/C50H29N5/c51-30-33-13-11-25-47(49(33)32-12-9-15-35(28-32)54-45-23-7-4-19-40(45)42-20-10-14-34(31-52)50(42)54)55-46-24-8-3-18-39(46)41-27-26-36(29-48(41)55)53-43-21-5-1-16-37(43)38-17-2-6-22-44(38)53/h1-29H. The number of nitriles is 2. The Morgan fingerprint density at radius 1 is 0.345 bits per heavy atom. The average Bonchev–Trinajstić information content (AvgIpc) is 3.89. The minimum atomic E-state index is 0.582. The Labute approximate surface area is 316 Å². The fourth-order valence-corrected chi connectivity index (χ4v) is 8.86. The van der Waals surface area contributed by atoms with E-state index < -0.39 is 0 Å². The van der Waals surface area contributed by atoms with Crippen LogP contribution in [0, 0.1) is 22.7 Å². The Balaban J connectivity index is 1.19. The first kappa shape index (κ1) is 30.7. The molecule has 254 valence electrons. The fraction of sp³-hybridized carbons (Fsp3) is 0. The van der Waals surface area contributed by atoms with Gasteiger partial charge >= 0.3 is 0 Å². The predicted molar refractivity (Wildman–Crippen MR) is 224 cm³/mol. The summed E-state index contributed by atoms with van der Waals surface area (Å²) in [7, 11) is 0. The van der Waals surface area contributed by atoms with E-state index in [0.29, 0.717) is 11.1 Å². The minimum Gasteiger partial charge on any atom is -0.309 e. The molecule has 8 aromatic carbocycles. The maximum atomic E-state index is 10.7. The largest absolute Gasteiger partial charge is 0.309 e. The molecule has 0 saturated carbocycles. The number of aromatic nitrogens is 3. The highest BCUT2D eigenvalue weighted by atomic mass is 15.0. The van der Waals surface area contributed by atoms with Crippen LogP contribution in [0.1, 0.15) is 11.1 Å². The van der Waals surface area contributed by atoms with Crippen LogP contribution in [0.3, 0.4) is 0 Å². The molecule has 5 heteroatoms. The Kier molecular flexibility index (Phi) is 6.61. The first-order chi connectivity index (χ1) is 27.2. The van der Waals surface area contributed by atoms with Crippen LogP contribution in [0.25, 0.3) is 93.6 Å². The number of nitrogens with zero attached hydrogens (tertiary/aromatic N) is 5. The van der Waals surface area contributed by atoms with Crippen molar-refractivity contribution in [3.63, 3.8) is 0 Å². The lowest BCUT2D eigenvalue weighted by Gasteiger charge is -2.17. The molecular formula is C50H29N5. The van der Waals surface area contributed by atoms with Gasteiger partial charge in [-0.05, 0) is 72.3 Å². The molecule has 55 heavy (non-hydrogen) atoms. The molecule has 0 atom stereocenters. The van der Waals surface area contributed by atoms with Crippen molar-refractivity contribution in [1.29, 1.82) is 10.5 Å². The average molecular weight is 700 g/mol. The molecule has 0 amide bonds. The zero-order chi connectivity index (χ0) is 36.6. The monoisotopic (exact) mass is 699 g/mol. The third kappa shape index (κ3) is 4.39. The summed E-state index contributed by atoms with van der Waals surface area (Å²) < 4.78 is 6.85. The molecule has 0 aliphatic rings. The molecule has 0 bridgehead atoms. The van der Waals surface area contributed by atoms with E-state index in [2.05, 4.69) is 159 Å². The Morgan fingerprint density at radius 2 is 0.836 bits per heavy atom. The molecule has 0 N–H and O–H groups in total. The van der Waals surface area contributed by atoms with Crippen molar-refractivity contribution in [2.75, 3.05) is 0 Å². The molecule has 3 heterocycles. The van der Waals surface area contributed by atoms with E-state index in [1.165, 1.54) is 10.8 Å². The number of hydrogen-bond donors (Lipinski definition) is 0. The molecule has 0 aliphatic carbocycles. The highest BCUT2D eigenvalue weighted by molar-refractivity contribution is 6.13. The van der Waals surface area contributed by atoms with Gasteiger partial charge in [0, 0.05) is 49.3 Å². The lowest BCUT2D eigenvalue weighted by Crippen LogP contribution is -2.01. The molecule has 0 spiro atoms. The molecule has 0 saturated heterocycles. The topological polar surface area (TPSA) is 62.4 Å². The highest BCUT2D eigenvalue weighted by Crippen LogP contribution is 2.41. The van der Waals surface area contributed by atoms with Crippen LogP contribution in [0.15, 0.2) is 176 Å². The van der Waals surface area contributed by atoms with Crippen LogP contribution in [0.2, 0.25) is 0 Å². The number of rotatable bonds is 4. The van der Waals surface area contributed by atoms with Crippen molar-refractivity contribution in [1.82, 2.24) is 13.7 Å². The second-order valence-electron chi connectivity index (χ2n) is 14.0. The predicted octanol–water partition coefficient (Wildman–Crippen LogP) is 12.4. The summed E-state index contributed by atoms with van der Waals surface area (Å²) in [5.41, 5.74) is 12.2. The summed E-state index contributed by atoms with van der Waals surface area (Å²) in [6, 6.07) is 65.9. The molecule has 0 unspecified atom stereocenters. The van der Waals surface area contributed by atoms with E-state index in [-0.39, 0.29) is 0 Å². The van der Waals surface area contributed by atoms with E-state index in [9.17, 15) is 10.5 Å². The molecule has 5 nitrogen and oxygen atoms in total. The van der Waals surface area contributed by atoms with E-state index in [1.807, 2.05) is 42.5 Å². The second kappa shape index (κ2) is 11.8. The van der Waals surface area contributed by atoms with Crippen molar-refractivity contribution in [3.8, 4) is 40.3 Å². The van der Waals surface area contributed by atoms with E-state index in [4.69, 9.17) is 0 Å². The van der Waals surface area contributed by atoms with Gasteiger partial charge in [0.2, 0.25) is 0 Å². The van der Waals surface area contributed by atoms with Gasteiger partial charge in [0.05, 0.1) is 56.0 Å². The first-order valence-corrected chi connectivity index (χ1v) is 18.3. The third-order valence-corrected chi connectivity index (χ3v) is 11.1. The maximum Gasteiger partial charge on any atom is 0.101 e. The zero-order valence-corrected chi connectivity index (χ0v) is 29.5. The van der Waals surface area contributed by atoms with Gasteiger partial charge in [0.1, 0.15) is 6.07 Å². The fourth-order valence-electron chi connectivity index (χ4n) is 8.86. The number of para-hydroxylation sites is 5. The lowest BCUT2D eigenvalue weighted by atomic mass is 9.97. The van der Waals surface area contributed by atoms with Gasteiger partial charge < -0.3 is 13.7 Å². The summed E-state index contributed by atoms with van der Waals surface area (Å²) in [5, 5.41) is 27.8. The van der Waals surface area contributed by atoms with Crippen LogP contribution < -0.4 is 0 Å². The van der Waals surface area contributed by atoms with Crippen molar-refractivity contribution >= 4 is 65.4 Å². The third-order valence-electron chi connectivity index (χ3n) is 11.1. The summed E-state index contributed by atoms with van der Waals surface area (Å²) in [5.74, 6) is 0. The zero-order valence-electron chi connectivity index (χ0n) is 29.5. The van der Waals surface area contributed by atoms with Crippen LogP contribution in [-0.4, -0.2) is 13.7 Å². The van der Waals surface area contributed by atoms with Crippen molar-refractivity contribution in [3.05, 3.63) is 187 Å². The van der Waals surface area contributed by atoms with Crippen LogP contribution in [0.5, 0.6) is 0 Å². The summed E-state index contributed by atoms with van der Waals surface area (Å²) >= 11 is 0. The molecule has 11 rings (SSSR count). The molecule has 0 radical (unpaired) electrons. The summed E-state index contributed by atoms with van der Waals surface area (Å²) in [6.45, 7) is 0. The van der Waals surface area contributed by atoms with Gasteiger partial charge in [-0.25, -0.2) is 0 Å². The van der Waals surface area contributed by atoms with Gasteiger partial charge in [-0.1, -0.05) is 109 Å². The van der Waals surface area contributed by atoms with Gasteiger partial charge in [0.15, 0.2) is 0 Å². The van der Waals surface area contributed by atoms with E-state index in [0.717, 1.165) is 82.8 Å². The van der Waals surface area contributed by atoms with Crippen molar-refractivity contribution < 1.29 is 0 Å². The summed E-state index contributed by atoms with van der Waals surface area (Å²) in [6.07, 6.45) is 0.